The van der Waals surface area contributed by atoms with Crippen LogP contribution < -0.4 is 4.74 Å². The highest BCUT2D eigenvalue weighted by atomic mass is 16.5. The van der Waals surface area contributed by atoms with E-state index in [1.54, 1.807) is 6.07 Å². The molecular formula is C12H12N4O2. The van der Waals surface area contributed by atoms with E-state index < -0.39 is 0 Å². The van der Waals surface area contributed by atoms with E-state index in [1.807, 2.05) is 6.92 Å². The number of ether oxygens (including phenoxy) is 1. The van der Waals surface area contributed by atoms with Gasteiger partial charge in [-0.15, -0.1) is 0 Å². The number of hydrogen-bond acceptors (Lipinski definition) is 5. The van der Waals surface area contributed by atoms with Gasteiger partial charge in [-0.3, -0.25) is 0 Å². The number of aliphatic hydroxyl groups is 1. The number of aliphatic hydroxyl groups excluding tert-OH is 1. The maximum absolute atomic E-state index is 9.15. The van der Waals surface area contributed by atoms with E-state index in [9.17, 15) is 0 Å². The minimum absolute atomic E-state index is 0.154. The predicted molar refractivity (Wildman–Crippen MR) is 63.3 cm³/mol. The number of methoxy groups -OCH3 is 1. The van der Waals surface area contributed by atoms with Crippen LogP contribution in [0.4, 0.5) is 0 Å². The zero-order valence-corrected chi connectivity index (χ0v) is 10.1. The number of aromatic nitrogens is 3. The fraction of sp³-hybridized carbons (Fsp3) is 0.250. The van der Waals surface area contributed by atoms with E-state index in [0.717, 1.165) is 5.56 Å². The monoisotopic (exact) mass is 244 g/mol. The minimum atomic E-state index is -0.154. The lowest BCUT2D eigenvalue weighted by Crippen LogP contribution is -2.04. The lowest BCUT2D eigenvalue weighted by atomic mass is 10.2. The van der Waals surface area contributed by atoms with Gasteiger partial charge in [-0.1, -0.05) is 0 Å². The van der Waals surface area contributed by atoms with Crippen molar-refractivity contribution >= 4 is 0 Å². The Morgan fingerprint density at radius 1 is 1.50 bits per heavy atom. The topological polar surface area (TPSA) is 84.0 Å². The van der Waals surface area contributed by atoms with Crippen molar-refractivity contribution in [2.75, 3.05) is 7.11 Å². The van der Waals surface area contributed by atoms with Crippen molar-refractivity contribution in [1.29, 1.82) is 5.26 Å². The Hall–Kier alpha value is -2.39. The van der Waals surface area contributed by atoms with Crippen molar-refractivity contribution < 1.29 is 9.84 Å². The molecule has 2 aromatic rings. The predicted octanol–water partition coefficient (Wildman–Crippen LogP) is 0.948. The van der Waals surface area contributed by atoms with Gasteiger partial charge in [0.1, 0.15) is 6.07 Å². The fourth-order valence-corrected chi connectivity index (χ4v) is 1.63. The summed E-state index contributed by atoms with van der Waals surface area (Å²) in [4.78, 5) is 4.15. The van der Waals surface area contributed by atoms with Gasteiger partial charge in [-0.25, -0.2) is 4.98 Å². The van der Waals surface area contributed by atoms with Gasteiger partial charge in [-0.05, 0) is 18.6 Å². The summed E-state index contributed by atoms with van der Waals surface area (Å²) >= 11 is 0. The van der Waals surface area contributed by atoms with Crippen LogP contribution in [0.1, 0.15) is 16.7 Å². The number of pyridine rings is 1. The molecule has 0 fully saturated rings. The van der Waals surface area contributed by atoms with Gasteiger partial charge in [0.2, 0.25) is 5.88 Å². The molecule has 6 heteroatoms. The van der Waals surface area contributed by atoms with Crippen LogP contribution in [0.2, 0.25) is 0 Å². The van der Waals surface area contributed by atoms with Crippen molar-refractivity contribution in [3.63, 3.8) is 0 Å². The number of aryl methyl sites for hydroxylation is 1. The number of nitriles is 1. The quantitative estimate of drug-likeness (QED) is 0.868. The molecule has 6 nitrogen and oxygen atoms in total. The van der Waals surface area contributed by atoms with Crippen LogP contribution in [-0.2, 0) is 6.61 Å². The maximum atomic E-state index is 9.15. The molecule has 2 aromatic heterocycles. The molecule has 0 bridgehead atoms. The van der Waals surface area contributed by atoms with Gasteiger partial charge >= 0.3 is 0 Å². The Morgan fingerprint density at radius 3 is 2.83 bits per heavy atom. The molecule has 0 saturated carbocycles. The average Bonchev–Trinajstić information content (AvgIpc) is 2.81. The summed E-state index contributed by atoms with van der Waals surface area (Å²) in [6.07, 6.45) is 3.01. The van der Waals surface area contributed by atoms with Crippen LogP contribution in [0.5, 0.6) is 5.88 Å². The molecular weight excluding hydrogens is 232 g/mol. The highest BCUT2D eigenvalue weighted by Crippen LogP contribution is 2.22. The van der Waals surface area contributed by atoms with Gasteiger partial charge in [0, 0.05) is 6.20 Å². The van der Waals surface area contributed by atoms with E-state index in [1.165, 1.54) is 24.2 Å². The molecule has 0 aromatic carbocycles. The van der Waals surface area contributed by atoms with Crippen molar-refractivity contribution in [3.05, 3.63) is 35.2 Å². The molecule has 0 saturated heterocycles. The molecule has 0 radical (unpaired) electrons. The summed E-state index contributed by atoms with van der Waals surface area (Å²) in [5, 5.41) is 22.1. The maximum Gasteiger partial charge on any atom is 0.223 e. The Balaban J connectivity index is 2.52. The Bertz CT molecular complexity index is 613. The molecule has 2 rings (SSSR count). The molecule has 2 heterocycles. The lowest BCUT2D eigenvalue weighted by Gasteiger charge is -2.07. The summed E-state index contributed by atoms with van der Waals surface area (Å²) < 4.78 is 6.68. The second-order valence-corrected chi connectivity index (χ2v) is 3.72. The summed E-state index contributed by atoms with van der Waals surface area (Å²) in [5.74, 6) is 0.983. The van der Waals surface area contributed by atoms with E-state index in [-0.39, 0.29) is 6.61 Å². The average molecular weight is 244 g/mol. The Morgan fingerprint density at radius 2 is 2.28 bits per heavy atom. The molecule has 0 amide bonds. The molecule has 0 aliphatic carbocycles. The highest BCUT2D eigenvalue weighted by Gasteiger charge is 2.13. The summed E-state index contributed by atoms with van der Waals surface area (Å²) in [6.45, 7) is 1.67. The summed E-state index contributed by atoms with van der Waals surface area (Å²) in [7, 11) is 1.50. The largest absolute Gasteiger partial charge is 0.481 e. The molecule has 1 N–H and O–H groups in total. The first-order valence-corrected chi connectivity index (χ1v) is 5.30. The Kier molecular flexibility index (Phi) is 3.26. The summed E-state index contributed by atoms with van der Waals surface area (Å²) in [5.41, 5.74) is 1.92. The fourth-order valence-electron chi connectivity index (χ4n) is 1.63. The molecule has 0 unspecified atom stereocenters. The second kappa shape index (κ2) is 4.85. The van der Waals surface area contributed by atoms with E-state index in [2.05, 4.69) is 16.2 Å². The third-order valence-electron chi connectivity index (χ3n) is 2.59. The molecule has 0 atom stereocenters. The number of rotatable bonds is 3. The Labute approximate surface area is 104 Å². The molecule has 92 valence electrons. The SMILES string of the molecule is COc1c(CO)cnn1-c1cc(C)c(C#N)cn1. The zero-order valence-electron chi connectivity index (χ0n) is 10.1. The van der Waals surface area contributed by atoms with Crippen molar-refractivity contribution in [2.24, 2.45) is 0 Å². The number of hydrogen-bond donors (Lipinski definition) is 1. The van der Waals surface area contributed by atoms with E-state index in [4.69, 9.17) is 15.1 Å². The van der Waals surface area contributed by atoms with Crippen LogP contribution in [0.15, 0.2) is 18.5 Å². The van der Waals surface area contributed by atoms with Crippen LogP contribution in [-0.4, -0.2) is 27.0 Å². The van der Waals surface area contributed by atoms with Gasteiger partial charge in [0.05, 0.1) is 31.0 Å². The van der Waals surface area contributed by atoms with Crippen molar-refractivity contribution in [1.82, 2.24) is 14.8 Å². The van der Waals surface area contributed by atoms with E-state index >= 15 is 0 Å². The van der Waals surface area contributed by atoms with Gasteiger partial charge in [0.15, 0.2) is 5.82 Å². The molecule has 18 heavy (non-hydrogen) atoms. The number of nitrogens with zero attached hydrogens (tertiary/aromatic N) is 4. The highest BCUT2D eigenvalue weighted by molar-refractivity contribution is 5.41. The van der Waals surface area contributed by atoms with Gasteiger partial charge in [0.25, 0.3) is 0 Å². The van der Waals surface area contributed by atoms with Gasteiger partial charge in [-0.2, -0.15) is 15.0 Å². The first-order valence-electron chi connectivity index (χ1n) is 5.30. The molecule has 0 spiro atoms. The minimum Gasteiger partial charge on any atom is -0.481 e. The van der Waals surface area contributed by atoms with Crippen LogP contribution in [0, 0.1) is 18.3 Å². The normalized spacial score (nSPS) is 10.1. The third-order valence-corrected chi connectivity index (χ3v) is 2.59. The third kappa shape index (κ3) is 1.92. The van der Waals surface area contributed by atoms with Crippen LogP contribution in [0.25, 0.3) is 5.82 Å². The first-order chi connectivity index (χ1) is 8.71. The van der Waals surface area contributed by atoms with Crippen molar-refractivity contribution in [2.45, 2.75) is 13.5 Å². The summed E-state index contributed by atoms with van der Waals surface area (Å²) in [6, 6.07) is 3.80. The van der Waals surface area contributed by atoms with Crippen LogP contribution >= 0.6 is 0 Å². The zero-order chi connectivity index (χ0) is 13.1. The smallest absolute Gasteiger partial charge is 0.223 e. The molecule has 0 aliphatic rings. The first kappa shape index (κ1) is 12.1. The lowest BCUT2D eigenvalue weighted by molar-refractivity contribution is 0.272. The second-order valence-electron chi connectivity index (χ2n) is 3.72. The van der Waals surface area contributed by atoms with E-state index in [0.29, 0.717) is 22.8 Å². The van der Waals surface area contributed by atoms with Gasteiger partial charge < -0.3 is 9.84 Å². The van der Waals surface area contributed by atoms with Crippen molar-refractivity contribution in [3.8, 4) is 17.8 Å². The standard InChI is InChI=1S/C12H12N4O2/c1-8-3-11(14-5-9(8)4-13)16-12(18-2)10(7-17)6-15-16/h3,5-6,17H,7H2,1-2H3. The van der Waals surface area contributed by atoms with Crippen LogP contribution in [0.3, 0.4) is 0 Å². The molecule has 0 aliphatic heterocycles.